The van der Waals surface area contributed by atoms with Gasteiger partial charge in [0.1, 0.15) is 0 Å². The van der Waals surface area contributed by atoms with Crippen LogP contribution in [0.5, 0.6) is 0 Å². The number of halogens is 1. The van der Waals surface area contributed by atoms with Crippen molar-refractivity contribution in [1.29, 1.82) is 0 Å². The summed E-state index contributed by atoms with van der Waals surface area (Å²) < 4.78 is 6.15. The van der Waals surface area contributed by atoms with Gasteiger partial charge in [0, 0.05) is 11.6 Å². The molecule has 0 aliphatic rings. The van der Waals surface area contributed by atoms with E-state index in [9.17, 15) is 0 Å². The summed E-state index contributed by atoms with van der Waals surface area (Å²) in [5, 5.41) is 0. The molecule has 1 unspecified atom stereocenters. The molecule has 0 spiro atoms. The number of ether oxygens (including phenoxy) is 1. The third-order valence-corrected chi connectivity index (χ3v) is 4.00. The first kappa shape index (κ1) is 15.2. The van der Waals surface area contributed by atoms with Gasteiger partial charge >= 0.3 is 0 Å². The van der Waals surface area contributed by atoms with Crippen molar-refractivity contribution in [3.05, 3.63) is 69.2 Å². The summed E-state index contributed by atoms with van der Waals surface area (Å²) in [6.07, 6.45) is 0.932. The molecule has 0 aliphatic carbocycles. The molecule has 106 valence electrons. The Morgan fingerprint density at radius 2 is 1.85 bits per heavy atom. The highest BCUT2D eigenvalue weighted by atomic mass is 79.9. The molecule has 0 radical (unpaired) electrons. The fourth-order valence-electron chi connectivity index (χ4n) is 2.24. The van der Waals surface area contributed by atoms with E-state index in [0.717, 1.165) is 28.6 Å². The molecule has 3 heteroatoms. The Hall–Kier alpha value is -1.16. The molecular weight excluding hydrogens is 314 g/mol. The summed E-state index contributed by atoms with van der Waals surface area (Å²) in [5.41, 5.74) is 11.2. The molecule has 0 fully saturated rings. The Kier molecular flexibility index (Phi) is 5.35. The van der Waals surface area contributed by atoms with Crippen LogP contribution in [-0.4, -0.2) is 13.7 Å². The van der Waals surface area contributed by atoms with E-state index in [1.807, 2.05) is 6.07 Å². The number of nitrogens with two attached hydrogens (primary N) is 1. The van der Waals surface area contributed by atoms with Gasteiger partial charge in [-0.15, -0.1) is 0 Å². The quantitative estimate of drug-likeness (QED) is 0.897. The summed E-state index contributed by atoms with van der Waals surface area (Å²) in [4.78, 5) is 0. The van der Waals surface area contributed by atoms with Crippen LogP contribution < -0.4 is 5.73 Å². The smallest absolute Gasteiger partial charge is 0.0554 e. The van der Waals surface area contributed by atoms with Gasteiger partial charge in [0.15, 0.2) is 0 Å². The number of aryl methyl sites for hydroxylation is 1. The van der Waals surface area contributed by atoms with Gasteiger partial charge in [-0.1, -0.05) is 46.3 Å². The first-order valence-electron chi connectivity index (χ1n) is 6.71. The molecule has 2 nitrogen and oxygen atoms in total. The summed E-state index contributed by atoms with van der Waals surface area (Å²) in [5.74, 6) is 0. The Balaban J connectivity index is 2.20. The minimum Gasteiger partial charge on any atom is -0.384 e. The van der Waals surface area contributed by atoms with Crippen molar-refractivity contribution in [2.24, 2.45) is 5.73 Å². The van der Waals surface area contributed by atoms with E-state index in [1.54, 1.807) is 7.11 Å². The molecule has 0 aromatic heterocycles. The average molecular weight is 334 g/mol. The summed E-state index contributed by atoms with van der Waals surface area (Å²) in [6, 6.07) is 14.6. The first-order valence-corrected chi connectivity index (χ1v) is 7.50. The number of rotatable bonds is 5. The van der Waals surface area contributed by atoms with Crippen LogP contribution in [0.25, 0.3) is 0 Å². The van der Waals surface area contributed by atoms with Crippen LogP contribution in [0, 0.1) is 6.92 Å². The third-order valence-electron chi connectivity index (χ3n) is 3.51. The van der Waals surface area contributed by atoms with E-state index in [0.29, 0.717) is 0 Å². The Labute approximate surface area is 129 Å². The molecule has 0 saturated carbocycles. The van der Waals surface area contributed by atoms with Crippen molar-refractivity contribution in [2.45, 2.75) is 19.4 Å². The highest BCUT2D eigenvalue weighted by molar-refractivity contribution is 9.10. The fraction of sp³-hybridized carbons (Fsp3) is 0.294. The largest absolute Gasteiger partial charge is 0.384 e. The van der Waals surface area contributed by atoms with E-state index in [1.165, 1.54) is 11.1 Å². The lowest BCUT2D eigenvalue weighted by Crippen LogP contribution is -2.13. The van der Waals surface area contributed by atoms with Crippen LogP contribution in [0.3, 0.4) is 0 Å². The standard InChI is InChI=1S/C17H20BrNO/c1-12-3-8-15(18)11-16(12)17(19)14-6-4-13(5-7-14)9-10-20-2/h3-8,11,17H,9-10,19H2,1-2H3. The van der Waals surface area contributed by atoms with Crippen LogP contribution in [-0.2, 0) is 11.2 Å². The SMILES string of the molecule is COCCc1ccc(C(N)c2cc(Br)ccc2C)cc1. The average Bonchev–Trinajstić information content (AvgIpc) is 2.47. The van der Waals surface area contributed by atoms with Crippen molar-refractivity contribution in [1.82, 2.24) is 0 Å². The fourth-order valence-corrected chi connectivity index (χ4v) is 2.62. The van der Waals surface area contributed by atoms with Crippen LogP contribution in [0.2, 0.25) is 0 Å². The van der Waals surface area contributed by atoms with Gasteiger partial charge in [0.05, 0.1) is 12.6 Å². The number of benzene rings is 2. The number of methoxy groups -OCH3 is 1. The lowest BCUT2D eigenvalue weighted by atomic mass is 9.95. The molecule has 2 aromatic rings. The molecule has 0 saturated heterocycles. The lowest BCUT2D eigenvalue weighted by Gasteiger charge is -2.16. The van der Waals surface area contributed by atoms with Gasteiger partial charge in [-0.25, -0.2) is 0 Å². The minimum atomic E-state index is -0.0935. The second kappa shape index (κ2) is 7.02. The van der Waals surface area contributed by atoms with E-state index in [-0.39, 0.29) is 6.04 Å². The van der Waals surface area contributed by atoms with Crippen molar-refractivity contribution >= 4 is 15.9 Å². The second-order valence-electron chi connectivity index (χ2n) is 4.96. The zero-order valence-corrected chi connectivity index (χ0v) is 13.5. The molecular formula is C17H20BrNO. The summed E-state index contributed by atoms with van der Waals surface area (Å²) in [7, 11) is 1.72. The first-order chi connectivity index (χ1) is 9.61. The predicted molar refractivity (Wildman–Crippen MR) is 86.9 cm³/mol. The van der Waals surface area contributed by atoms with E-state index in [4.69, 9.17) is 10.5 Å². The van der Waals surface area contributed by atoms with Gasteiger partial charge in [-0.05, 0) is 47.7 Å². The zero-order chi connectivity index (χ0) is 14.5. The second-order valence-corrected chi connectivity index (χ2v) is 5.88. The summed E-state index contributed by atoms with van der Waals surface area (Å²) in [6.45, 7) is 2.84. The Morgan fingerprint density at radius 1 is 1.15 bits per heavy atom. The van der Waals surface area contributed by atoms with E-state index in [2.05, 4.69) is 59.3 Å². The number of hydrogen-bond acceptors (Lipinski definition) is 2. The molecule has 0 heterocycles. The van der Waals surface area contributed by atoms with E-state index < -0.39 is 0 Å². The Morgan fingerprint density at radius 3 is 2.50 bits per heavy atom. The monoisotopic (exact) mass is 333 g/mol. The maximum absolute atomic E-state index is 6.39. The van der Waals surface area contributed by atoms with Gasteiger partial charge < -0.3 is 10.5 Å². The lowest BCUT2D eigenvalue weighted by molar-refractivity contribution is 0.202. The van der Waals surface area contributed by atoms with Crippen molar-refractivity contribution in [2.75, 3.05) is 13.7 Å². The van der Waals surface area contributed by atoms with Crippen molar-refractivity contribution < 1.29 is 4.74 Å². The molecule has 2 N–H and O–H groups in total. The zero-order valence-electron chi connectivity index (χ0n) is 11.9. The molecule has 0 aliphatic heterocycles. The van der Waals surface area contributed by atoms with Gasteiger partial charge in [-0.2, -0.15) is 0 Å². The molecule has 1 atom stereocenters. The molecule has 2 aromatic carbocycles. The van der Waals surface area contributed by atoms with E-state index >= 15 is 0 Å². The van der Waals surface area contributed by atoms with Gasteiger partial charge in [0.2, 0.25) is 0 Å². The highest BCUT2D eigenvalue weighted by Crippen LogP contribution is 2.26. The Bertz CT molecular complexity index is 566. The number of hydrogen-bond donors (Lipinski definition) is 1. The molecule has 0 amide bonds. The van der Waals surface area contributed by atoms with Gasteiger partial charge in [-0.3, -0.25) is 0 Å². The maximum atomic E-state index is 6.39. The molecule has 20 heavy (non-hydrogen) atoms. The van der Waals surface area contributed by atoms with Crippen LogP contribution in [0.4, 0.5) is 0 Å². The molecule has 2 rings (SSSR count). The third kappa shape index (κ3) is 3.69. The minimum absolute atomic E-state index is 0.0935. The topological polar surface area (TPSA) is 35.2 Å². The predicted octanol–water partition coefficient (Wildman–Crippen LogP) is 3.99. The van der Waals surface area contributed by atoms with Gasteiger partial charge in [0.25, 0.3) is 0 Å². The van der Waals surface area contributed by atoms with Crippen molar-refractivity contribution in [3.63, 3.8) is 0 Å². The van der Waals surface area contributed by atoms with Crippen LogP contribution >= 0.6 is 15.9 Å². The summed E-state index contributed by atoms with van der Waals surface area (Å²) >= 11 is 3.51. The normalized spacial score (nSPS) is 12.4. The highest BCUT2D eigenvalue weighted by Gasteiger charge is 2.11. The van der Waals surface area contributed by atoms with Crippen molar-refractivity contribution in [3.8, 4) is 0 Å². The van der Waals surface area contributed by atoms with Crippen LogP contribution in [0.15, 0.2) is 46.9 Å². The molecule has 0 bridgehead atoms. The van der Waals surface area contributed by atoms with Crippen LogP contribution in [0.1, 0.15) is 28.3 Å². The maximum Gasteiger partial charge on any atom is 0.0554 e.